The lowest BCUT2D eigenvalue weighted by molar-refractivity contribution is -0.385. The quantitative estimate of drug-likeness (QED) is 0.517. The molecule has 0 bridgehead atoms. The summed E-state index contributed by atoms with van der Waals surface area (Å²) in [5.41, 5.74) is -0.563. The number of para-hydroxylation sites is 1. The topological polar surface area (TPSA) is 66.9 Å². The number of nitro groups is 1. The van der Waals surface area contributed by atoms with Crippen LogP contribution in [-0.4, -0.2) is 4.92 Å². The van der Waals surface area contributed by atoms with Crippen LogP contribution in [0, 0.1) is 21.4 Å². The van der Waals surface area contributed by atoms with Gasteiger partial charge in [0.2, 0.25) is 6.17 Å². The maximum Gasteiger partial charge on any atom is 0.276 e. The van der Waals surface area contributed by atoms with Crippen molar-refractivity contribution in [2.75, 3.05) is 0 Å². The molecule has 5 heteroatoms. The van der Waals surface area contributed by atoms with Crippen LogP contribution in [-0.2, 0) is 0 Å². The van der Waals surface area contributed by atoms with E-state index in [4.69, 9.17) is 5.26 Å². The van der Waals surface area contributed by atoms with E-state index in [1.165, 1.54) is 30.3 Å². The van der Waals surface area contributed by atoms with Crippen LogP contribution in [0.3, 0.4) is 0 Å². The zero-order valence-electron chi connectivity index (χ0n) is 6.48. The van der Waals surface area contributed by atoms with Crippen LogP contribution in [0.15, 0.2) is 24.3 Å². The molecule has 1 aromatic carbocycles. The molecule has 0 amide bonds. The van der Waals surface area contributed by atoms with E-state index in [-0.39, 0.29) is 11.3 Å². The minimum atomic E-state index is -1.94. The largest absolute Gasteiger partial charge is 0.276 e. The fraction of sp³-hybridized carbons (Fsp3) is 0.125. The molecular formula is C8H5FN2O2. The fourth-order valence-electron chi connectivity index (χ4n) is 0.938. The smallest absolute Gasteiger partial charge is 0.258 e. The molecule has 1 aromatic rings. The average molecular weight is 180 g/mol. The Morgan fingerprint density at radius 1 is 1.54 bits per heavy atom. The van der Waals surface area contributed by atoms with Gasteiger partial charge in [-0.25, -0.2) is 4.39 Å². The molecule has 0 aromatic heterocycles. The highest BCUT2D eigenvalue weighted by atomic mass is 19.1. The highest BCUT2D eigenvalue weighted by Crippen LogP contribution is 2.26. The highest BCUT2D eigenvalue weighted by molar-refractivity contribution is 5.43. The molecule has 0 aliphatic carbocycles. The molecule has 0 heterocycles. The van der Waals surface area contributed by atoms with Crippen molar-refractivity contribution in [2.24, 2.45) is 0 Å². The number of hydrogen-bond acceptors (Lipinski definition) is 3. The minimum absolute atomic E-state index is 0.199. The van der Waals surface area contributed by atoms with E-state index in [2.05, 4.69) is 0 Å². The molecule has 0 radical (unpaired) electrons. The monoisotopic (exact) mass is 180 g/mol. The predicted molar refractivity (Wildman–Crippen MR) is 42.6 cm³/mol. The Bertz CT molecular complexity index is 373. The van der Waals surface area contributed by atoms with E-state index in [1.54, 1.807) is 0 Å². The number of halogens is 1. The van der Waals surface area contributed by atoms with Crippen LogP contribution in [0.25, 0.3) is 0 Å². The van der Waals surface area contributed by atoms with Crippen molar-refractivity contribution >= 4 is 5.69 Å². The molecule has 0 saturated carbocycles. The Kier molecular flexibility index (Phi) is 2.55. The van der Waals surface area contributed by atoms with Crippen molar-refractivity contribution in [1.29, 1.82) is 5.26 Å². The second kappa shape index (κ2) is 3.63. The van der Waals surface area contributed by atoms with Crippen LogP contribution in [0.5, 0.6) is 0 Å². The summed E-state index contributed by atoms with van der Waals surface area (Å²) in [6, 6.07) is 6.57. The van der Waals surface area contributed by atoms with Crippen molar-refractivity contribution in [3.63, 3.8) is 0 Å². The fourth-order valence-corrected chi connectivity index (χ4v) is 0.938. The van der Waals surface area contributed by atoms with Gasteiger partial charge in [0.05, 0.1) is 10.5 Å². The molecular weight excluding hydrogens is 175 g/mol. The number of rotatable bonds is 2. The van der Waals surface area contributed by atoms with E-state index < -0.39 is 11.1 Å². The molecule has 0 N–H and O–H groups in total. The van der Waals surface area contributed by atoms with Gasteiger partial charge in [0.15, 0.2) is 0 Å². The van der Waals surface area contributed by atoms with Gasteiger partial charge in [-0.1, -0.05) is 12.1 Å². The first-order chi connectivity index (χ1) is 6.16. The van der Waals surface area contributed by atoms with Gasteiger partial charge in [0, 0.05) is 6.07 Å². The Labute approximate surface area is 73.4 Å². The van der Waals surface area contributed by atoms with Gasteiger partial charge in [-0.3, -0.25) is 10.1 Å². The van der Waals surface area contributed by atoms with Gasteiger partial charge >= 0.3 is 0 Å². The number of nitriles is 1. The summed E-state index contributed by atoms with van der Waals surface area (Å²) in [7, 11) is 0. The molecule has 1 unspecified atom stereocenters. The van der Waals surface area contributed by atoms with E-state index in [0.29, 0.717) is 0 Å². The van der Waals surface area contributed by atoms with Crippen molar-refractivity contribution < 1.29 is 9.31 Å². The maximum atomic E-state index is 12.8. The predicted octanol–water partition coefficient (Wildman–Crippen LogP) is 2.13. The van der Waals surface area contributed by atoms with Crippen LogP contribution in [0.2, 0.25) is 0 Å². The summed E-state index contributed by atoms with van der Waals surface area (Å²) in [6.45, 7) is 0. The summed E-state index contributed by atoms with van der Waals surface area (Å²) in [6.07, 6.45) is -1.94. The molecule has 0 saturated heterocycles. The molecule has 0 spiro atoms. The van der Waals surface area contributed by atoms with E-state index in [1.807, 2.05) is 0 Å². The summed E-state index contributed by atoms with van der Waals surface area (Å²) in [5, 5.41) is 18.6. The van der Waals surface area contributed by atoms with E-state index >= 15 is 0 Å². The minimum Gasteiger partial charge on any atom is -0.258 e. The molecule has 0 aliphatic rings. The second-order valence-corrected chi connectivity index (χ2v) is 2.31. The number of nitro benzene ring substituents is 1. The molecule has 66 valence electrons. The van der Waals surface area contributed by atoms with Gasteiger partial charge < -0.3 is 0 Å². The lowest BCUT2D eigenvalue weighted by Crippen LogP contribution is -1.96. The van der Waals surface area contributed by atoms with Gasteiger partial charge in [-0.05, 0) is 6.07 Å². The summed E-state index contributed by atoms with van der Waals surface area (Å²) in [4.78, 5) is 9.66. The first-order valence-corrected chi connectivity index (χ1v) is 3.44. The van der Waals surface area contributed by atoms with E-state index in [0.717, 1.165) is 0 Å². The Morgan fingerprint density at radius 3 is 2.69 bits per heavy atom. The SMILES string of the molecule is N#CC(F)c1ccccc1[N+](=O)[O-]. The number of benzene rings is 1. The van der Waals surface area contributed by atoms with E-state index in [9.17, 15) is 14.5 Å². The van der Waals surface area contributed by atoms with Crippen molar-refractivity contribution in [3.05, 3.63) is 39.9 Å². The molecule has 0 fully saturated rings. The van der Waals surface area contributed by atoms with Gasteiger partial charge in [0.1, 0.15) is 6.07 Å². The van der Waals surface area contributed by atoms with Crippen molar-refractivity contribution in [2.45, 2.75) is 6.17 Å². The standard InChI is InChI=1S/C8H5FN2O2/c9-7(5-10)6-3-1-2-4-8(6)11(12)13/h1-4,7H. The molecule has 1 rings (SSSR count). The number of alkyl halides is 1. The second-order valence-electron chi connectivity index (χ2n) is 2.31. The Hall–Kier alpha value is -1.96. The number of nitrogens with zero attached hydrogens (tertiary/aromatic N) is 2. The first-order valence-electron chi connectivity index (χ1n) is 3.44. The third-order valence-corrected chi connectivity index (χ3v) is 1.52. The molecule has 13 heavy (non-hydrogen) atoms. The third-order valence-electron chi connectivity index (χ3n) is 1.52. The van der Waals surface area contributed by atoms with Gasteiger partial charge in [-0.15, -0.1) is 0 Å². The maximum absolute atomic E-state index is 12.8. The highest BCUT2D eigenvalue weighted by Gasteiger charge is 2.19. The van der Waals surface area contributed by atoms with Gasteiger partial charge in [-0.2, -0.15) is 5.26 Å². The van der Waals surface area contributed by atoms with Crippen molar-refractivity contribution in [3.8, 4) is 6.07 Å². The lowest BCUT2D eigenvalue weighted by Gasteiger charge is -1.99. The molecule has 0 aliphatic heterocycles. The summed E-state index contributed by atoms with van der Waals surface area (Å²) in [5.74, 6) is 0. The summed E-state index contributed by atoms with van der Waals surface area (Å²) < 4.78 is 12.8. The van der Waals surface area contributed by atoms with Crippen LogP contribution >= 0.6 is 0 Å². The normalized spacial score (nSPS) is 11.7. The van der Waals surface area contributed by atoms with Crippen LogP contribution in [0.1, 0.15) is 11.7 Å². The lowest BCUT2D eigenvalue weighted by atomic mass is 10.1. The average Bonchev–Trinajstić information content (AvgIpc) is 2.16. The third kappa shape index (κ3) is 1.79. The first kappa shape index (κ1) is 9.13. The Morgan fingerprint density at radius 2 is 2.15 bits per heavy atom. The molecule has 4 nitrogen and oxygen atoms in total. The van der Waals surface area contributed by atoms with Gasteiger partial charge in [0.25, 0.3) is 5.69 Å². The zero-order valence-corrected chi connectivity index (χ0v) is 6.48. The van der Waals surface area contributed by atoms with Crippen molar-refractivity contribution in [1.82, 2.24) is 0 Å². The number of hydrogen-bond donors (Lipinski definition) is 0. The molecule has 1 atom stereocenters. The Balaban J connectivity index is 3.21. The summed E-state index contributed by atoms with van der Waals surface area (Å²) >= 11 is 0. The van der Waals surface area contributed by atoms with Crippen LogP contribution in [0.4, 0.5) is 10.1 Å². The van der Waals surface area contributed by atoms with Crippen LogP contribution < -0.4 is 0 Å². The zero-order chi connectivity index (χ0) is 9.84.